The van der Waals surface area contributed by atoms with Gasteiger partial charge in [0.25, 0.3) is 5.91 Å². The molecule has 1 fully saturated rings. The number of ether oxygens (including phenoxy) is 1. The van der Waals surface area contributed by atoms with Gasteiger partial charge in [-0.25, -0.2) is 0 Å². The number of halogens is 1. The van der Waals surface area contributed by atoms with Crippen molar-refractivity contribution in [1.29, 1.82) is 0 Å². The molecule has 0 saturated heterocycles. The van der Waals surface area contributed by atoms with E-state index in [0.29, 0.717) is 16.2 Å². The number of fused-ring (bicyclic) bond motifs is 1. The van der Waals surface area contributed by atoms with E-state index < -0.39 is 6.04 Å². The highest BCUT2D eigenvalue weighted by Crippen LogP contribution is 2.47. The molecule has 1 aliphatic carbocycles. The van der Waals surface area contributed by atoms with Crippen molar-refractivity contribution in [2.24, 2.45) is 5.92 Å². The zero-order valence-corrected chi connectivity index (χ0v) is 16.7. The summed E-state index contributed by atoms with van der Waals surface area (Å²) < 4.78 is 11.6. The quantitative estimate of drug-likeness (QED) is 0.679. The molecule has 0 bridgehead atoms. The van der Waals surface area contributed by atoms with E-state index in [4.69, 9.17) is 9.15 Å². The summed E-state index contributed by atoms with van der Waals surface area (Å²) in [6, 6.07) is 6.81. The molecule has 5 rings (SSSR count). The Balaban J connectivity index is 1.58. The fourth-order valence-corrected chi connectivity index (χ4v) is 5.15. The third-order valence-electron chi connectivity index (χ3n) is 5.79. The molecule has 4 atom stereocenters. The molecule has 2 aromatic rings. The van der Waals surface area contributed by atoms with Crippen LogP contribution in [0.2, 0.25) is 0 Å². The van der Waals surface area contributed by atoms with Crippen molar-refractivity contribution in [3.05, 3.63) is 65.6 Å². The zero-order valence-electron chi connectivity index (χ0n) is 15.1. The Bertz CT molecular complexity index is 941. The predicted molar refractivity (Wildman–Crippen MR) is 103 cm³/mol. The van der Waals surface area contributed by atoms with E-state index in [1.807, 2.05) is 18.2 Å². The van der Waals surface area contributed by atoms with E-state index in [0.717, 1.165) is 24.8 Å². The van der Waals surface area contributed by atoms with Crippen LogP contribution in [0.5, 0.6) is 0 Å². The number of amides is 1. The number of furan rings is 1. The van der Waals surface area contributed by atoms with Crippen molar-refractivity contribution in [3.8, 4) is 0 Å². The van der Waals surface area contributed by atoms with Gasteiger partial charge in [0.2, 0.25) is 0 Å². The maximum Gasteiger partial charge on any atom is 0.290 e. The van der Waals surface area contributed by atoms with Gasteiger partial charge in [-0.2, -0.15) is 0 Å². The highest BCUT2D eigenvalue weighted by Gasteiger charge is 2.52. The molecule has 0 aromatic carbocycles. The van der Waals surface area contributed by atoms with Gasteiger partial charge in [-0.15, -0.1) is 0 Å². The number of carbonyl (C=O) groups is 2. The number of alkyl halides is 1. The van der Waals surface area contributed by atoms with Gasteiger partial charge < -0.3 is 14.1 Å². The molecule has 28 heavy (non-hydrogen) atoms. The largest absolute Gasteiger partial charge is 0.483 e. The second-order valence-electron chi connectivity index (χ2n) is 7.48. The molecule has 2 aromatic heterocycles. The van der Waals surface area contributed by atoms with Gasteiger partial charge in [0.15, 0.2) is 11.5 Å². The van der Waals surface area contributed by atoms with Crippen LogP contribution in [0.4, 0.5) is 0 Å². The minimum absolute atomic E-state index is 0.0274. The number of carbonyl (C=O) groups excluding carboxylic acids is 2. The molecule has 2 aliphatic heterocycles. The molecule has 3 aliphatic rings. The lowest BCUT2D eigenvalue weighted by atomic mass is 9.77. The maximum atomic E-state index is 13.5. The molecule has 1 saturated carbocycles. The summed E-state index contributed by atoms with van der Waals surface area (Å²) in [7, 11) is 0. The number of rotatable bonds is 3. The van der Waals surface area contributed by atoms with Crippen LogP contribution in [0.1, 0.15) is 36.6 Å². The highest BCUT2D eigenvalue weighted by molar-refractivity contribution is 9.09. The number of ketones is 1. The number of hydrogen-bond acceptors (Lipinski definition) is 5. The summed E-state index contributed by atoms with van der Waals surface area (Å²) in [5.41, 5.74) is 1.27. The Hall–Kier alpha value is -2.41. The number of nitrogens with zero attached hydrogens (tertiary/aromatic N) is 2. The molecule has 0 radical (unpaired) electrons. The first-order valence-electron chi connectivity index (χ1n) is 9.46. The van der Waals surface area contributed by atoms with Gasteiger partial charge in [0.1, 0.15) is 11.9 Å². The molecule has 6 nitrogen and oxygen atoms in total. The van der Waals surface area contributed by atoms with Gasteiger partial charge in [0, 0.05) is 17.2 Å². The lowest BCUT2D eigenvalue weighted by Gasteiger charge is -2.37. The van der Waals surface area contributed by atoms with Crippen LogP contribution in [0.15, 0.2) is 58.7 Å². The zero-order chi connectivity index (χ0) is 19.3. The molecule has 4 unspecified atom stereocenters. The smallest absolute Gasteiger partial charge is 0.290 e. The Morgan fingerprint density at radius 1 is 1.21 bits per heavy atom. The second kappa shape index (κ2) is 6.88. The minimum atomic E-state index is -0.509. The van der Waals surface area contributed by atoms with E-state index in [9.17, 15) is 9.59 Å². The maximum absolute atomic E-state index is 13.5. The SMILES string of the molecule is O=C1C2=C(OC3CCC(Br)CC13)C(=O)N(Cc1ccco1)C2c1cccnc1. The van der Waals surface area contributed by atoms with Gasteiger partial charge in [-0.3, -0.25) is 14.6 Å². The van der Waals surface area contributed by atoms with Gasteiger partial charge in [-0.05, 0) is 43.0 Å². The number of aromatic nitrogens is 1. The van der Waals surface area contributed by atoms with E-state index in [-0.39, 0.29) is 36.0 Å². The molecule has 1 amide bonds. The molecule has 4 heterocycles. The fourth-order valence-electron chi connectivity index (χ4n) is 4.48. The summed E-state index contributed by atoms with van der Waals surface area (Å²) in [6.45, 7) is 0.269. The summed E-state index contributed by atoms with van der Waals surface area (Å²) in [5, 5.41) is 0. The van der Waals surface area contributed by atoms with E-state index >= 15 is 0 Å². The van der Waals surface area contributed by atoms with Crippen molar-refractivity contribution in [2.45, 2.75) is 42.8 Å². The average molecular weight is 443 g/mol. The van der Waals surface area contributed by atoms with E-state index in [2.05, 4.69) is 20.9 Å². The van der Waals surface area contributed by atoms with Gasteiger partial charge >= 0.3 is 0 Å². The van der Waals surface area contributed by atoms with Crippen LogP contribution in [-0.2, 0) is 20.9 Å². The first kappa shape index (κ1) is 17.7. The molecular weight excluding hydrogens is 424 g/mol. The van der Waals surface area contributed by atoms with Crippen molar-refractivity contribution < 1.29 is 18.7 Å². The molecule has 0 N–H and O–H groups in total. The topological polar surface area (TPSA) is 72.6 Å². The summed E-state index contributed by atoms with van der Waals surface area (Å²) >= 11 is 3.65. The Morgan fingerprint density at radius 2 is 2.11 bits per heavy atom. The Morgan fingerprint density at radius 3 is 2.86 bits per heavy atom. The average Bonchev–Trinajstić information content (AvgIpc) is 3.31. The van der Waals surface area contributed by atoms with Crippen LogP contribution >= 0.6 is 15.9 Å². The van der Waals surface area contributed by atoms with Crippen molar-refractivity contribution in [3.63, 3.8) is 0 Å². The van der Waals surface area contributed by atoms with Crippen molar-refractivity contribution in [1.82, 2.24) is 9.88 Å². The first-order chi connectivity index (χ1) is 13.6. The summed E-state index contributed by atoms with van der Waals surface area (Å²) in [4.78, 5) is 32.9. The normalized spacial score (nSPS) is 29.5. The predicted octanol–water partition coefficient (Wildman–Crippen LogP) is 3.54. The van der Waals surface area contributed by atoms with Crippen LogP contribution in [0.25, 0.3) is 0 Å². The Labute approximate surface area is 170 Å². The summed E-state index contributed by atoms with van der Waals surface area (Å²) in [6.07, 6.45) is 7.18. The van der Waals surface area contributed by atoms with Crippen LogP contribution < -0.4 is 0 Å². The van der Waals surface area contributed by atoms with Crippen LogP contribution in [-0.4, -0.2) is 32.5 Å². The molecule has 0 spiro atoms. The minimum Gasteiger partial charge on any atom is -0.483 e. The summed E-state index contributed by atoms with van der Waals surface area (Å²) in [5.74, 6) is 0.423. The monoisotopic (exact) mass is 442 g/mol. The molecule has 144 valence electrons. The highest BCUT2D eigenvalue weighted by atomic mass is 79.9. The number of Topliss-reactive ketones (excluding diaryl/α,β-unsaturated/α-hetero) is 1. The molecular formula is C21H19BrN2O4. The second-order valence-corrected chi connectivity index (χ2v) is 8.78. The van der Waals surface area contributed by atoms with E-state index in [1.165, 1.54) is 0 Å². The lowest BCUT2D eigenvalue weighted by Crippen LogP contribution is -2.41. The standard InChI is InChI=1S/C21H19BrN2O4/c22-13-5-6-16-15(9-13)19(25)17-18(12-3-1-7-23-10-12)24(21(26)20(17)28-16)11-14-4-2-8-27-14/h1-4,7-8,10,13,15-16,18H,5-6,9,11H2. The third kappa shape index (κ3) is 2.80. The Kier molecular flexibility index (Phi) is 4.34. The first-order valence-corrected chi connectivity index (χ1v) is 10.4. The van der Waals surface area contributed by atoms with Gasteiger partial charge in [-0.1, -0.05) is 22.0 Å². The lowest BCUT2D eigenvalue weighted by molar-refractivity contribution is -0.135. The van der Waals surface area contributed by atoms with Crippen LogP contribution in [0, 0.1) is 5.92 Å². The van der Waals surface area contributed by atoms with Crippen molar-refractivity contribution in [2.75, 3.05) is 0 Å². The fraction of sp³-hybridized carbons (Fsp3) is 0.381. The molecule has 7 heteroatoms. The third-order valence-corrected chi connectivity index (χ3v) is 6.62. The van der Waals surface area contributed by atoms with Crippen molar-refractivity contribution >= 4 is 27.6 Å². The number of pyridine rings is 1. The van der Waals surface area contributed by atoms with E-state index in [1.54, 1.807) is 29.6 Å². The number of hydrogen-bond donors (Lipinski definition) is 0. The van der Waals surface area contributed by atoms with Gasteiger partial charge in [0.05, 0.1) is 30.3 Å². The van der Waals surface area contributed by atoms with Crippen LogP contribution in [0.3, 0.4) is 0 Å².